The summed E-state index contributed by atoms with van der Waals surface area (Å²) in [6.07, 6.45) is 3.19. The molecule has 1 aliphatic heterocycles. The third-order valence-corrected chi connectivity index (χ3v) is 5.28. The first-order chi connectivity index (χ1) is 13.3. The highest BCUT2D eigenvalue weighted by molar-refractivity contribution is 6.41. The number of rotatable bonds is 6. The molecule has 11 heteroatoms. The van der Waals surface area contributed by atoms with Crippen molar-refractivity contribution in [3.8, 4) is 0 Å². The van der Waals surface area contributed by atoms with Crippen molar-refractivity contribution in [2.75, 3.05) is 13.7 Å². The van der Waals surface area contributed by atoms with E-state index in [2.05, 4.69) is 15.0 Å². The van der Waals surface area contributed by atoms with E-state index in [1.807, 2.05) is 0 Å². The molecular formula is C17H19Cl2N5O4. The quantitative estimate of drug-likeness (QED) is 0.298. The van der Waals surface area contributed by atoms with Crippen LogP contribution in [0.5, 0.6) is 0 Å². The van der Waals surface area contributed by atoms with Crippen molar-refractivity contribution in [3.05, 3.63) is 38.1 Å². The molecule has 0 aromatic carbocycles. The minimum absolute atomic E-state index is 0.0454. The number of esters is 1. The van der Waals surface area contributed by atoms with E-state index in [-0.39, 0.29) is 29.2 Å². The zero-order valence-electron chi connectivity index (χ0n) is 15.3. The summed E-state index contributed by atoms with van der Waals surface area (Å²) >= 11 is 11.9. The number of amidine groups is 2. The number of nitro groups is 1. The number of halogens is 2. The fourth-order valence-electron chi connectivity index (χ4n) is 2.96. The Kier molecular flexibility index (Phi) is 6.14. The van der Waals surface area contributed by atoms with Gasteiger partial charge in [-0.15, -0.1) is 0 Å². The fourth-order valence-corrected chi connectivity index (χ4v) is 3.24. The molecule has 150 valence electrons. The molecule has 2 heterocycles. The molecule has 3 rings (SSSR count). The standard InChI is InChI=1S/C17H19Cl2N5O4/c1-9(10-5-12(18)16(19)21-7-10)22-17-13(24(26)27)8-20-14(6-15(25)28-2)23(17)11-3-4-11/h5,7,9,11,13H,3-4,6,8H2,1-2H3. The van der Waals surface area contributed by atoms with Crippen LogP contribution in [0.3, 0.4) is 0 Å². The molecule has 1 aromatic heterocycles. The second kappa shape index (κ2) is 8.40. The van der Waals surface area contributed by atoms with Gasteiger partial charge < -0.3 is 9.64 Å². The average Bonchev–Trinajstić information content (AvgIpc) is 3.48. The van der Waals surface area contributed by atoms with E-state index in [0.29, 0.717) is 17.2 Å². The summed E-state index contributed by atoms with van der Waals surface area (Å²) in [7, 11) is 1.29. The van der Waals surface area contributed by atoms with Crippen LogP contribution in [0.15, 0.2) is 22.2 Å². The highest BCUT2D eigenvalue weighted by Crippen LogP contribution is 2.33. The summed E-state index contributed by atoms with van der Waals surface area (Å²) in [5.74, 6) is 0.288. The van der Waals surface area contributed by atoms with Gasteiger partial charge in [0.05, 0.1) is 18.2 Å². The van der Waals surface area contributed by atoms with Crippen LogP contribution in [0.4, 0.5) is 0 Å². The van der Waals surface area contributed by atoms with Crippen LogP contribution < -0.4 is 0 Å². The highest BCUT2D eigenvalue weighted by Gasteiger charge is 2.45. The molecule has 1 aromatic rings. The molecule has 0 saturated heterocycles. The number of carbonyl (C=O) groups excluding carboxylic acids is 1. The van der Waals surface area contributed by atoms with E-state index in [0.717, 1.165) is 12.8 Å². The topological polar surface area (TPSA) is 110 Å². The Labute approximate surface area is 171 Å². The van der Waals surface area contributed by atoms with E-state index in [1.54, 1.807) is 17.9 Å². The number of methoxy groups -OCH3 is 1. The van der Waals surface area contributed by atoms with Gasteiger partial charge in [0.15, 0.2) is 5.84 Å². The van der Waals surface area contributed by atoms with Crippen LogP contribution in [-0.4, -0.2) is 58.2 Å². The van der Waals surface area contributed by atoms with Gasteiger partial charge in [0.2, 0.25) is 0 Å². The Bertz CT molecular complexity index is 856. The average molecular weight is 428 g/mol. The third kappa shape index (κ3) is 4.41. The Morgan fingerprint density at radius 3 is 2.79 bits per heavy atom. The van der Waals surface area contributed by atoms with Gasteiger partial charge in [-0.25, -0.2) is 4.98 Å². The number of ether oxygens (including phenoxy) is 1. The predicted octanol–water partition coefficient (Wildman–Crippen LogP) is 2.93. The number of pyridine rings is 1. The van der Waals surface area contributed by atoms with Crippen LogP contribution in [-0.2, 0) is 9.53 Å². The first-order valence-electron chi connectivity index (χ1n) is 8.73. The molecule has 0 radical (unpaired) electrons. The minimum atomic E-state index is -1.08. The highest BCUT2D eigenvalue weighted by atomic mass is 35.5. The van der Waals surface area contributed by atoms with Gasteiger partial charge in [0.1, 0.15) is 24.0 Å². The van der Waals surface area contributed by atoms with Gasteiger partial charge >= 0.3 is 5.97 Å². The third-order valence-electron chi connectivity index (χ3n) is 4.59. The first-order valence-corrected chi connectivity index (χ1v) is 9.49. The van der Waals surface area contributed by atoms with Crippen molar-refractivity contribution in [1.82, 2.24) is 9.88 Å². The van der Waals surface area contributed by atoms with Crippen LogP contribution in [0, 0.1) is 10.1 Å². The molecule has 1 fully saturated rings. The Morgan fingerprint density at radius 1 is 1.50 bits per heavy atom. The fraction of sp³-hybridized carbons (Fsp3) is 0.529. The number of nitrogens with zero attached hydrogens (tertiary/aromatic N) is 5. The van der Waals surface area contributed by atoms with Crippen LogP contribution >= 0.6 is 23.2 Å². The maximum absolute atomic E-state index is 11.8. The Morgan fingerprint density at radius 2 is 2.21 bits per heavy atom. The van der Waals surface area contributed by atoms with Gasteiger partial charge in [0.25, 0.3) is 6.04 Å². The molecule has 9 nitrogen and oxygen atoms in total. The van der Waals surface area contributed by atoms with Crippen LogP contribution in [0.1, 0.15) is 37.8 Å². The number of hydrogen-bond acceptors (Lipinski definition) is 7. The van der Waals surface area contributed by atoms with E-state index >= 15 is 0 Å². The summed E-state index contributed by atoms with van der Waals surface area (Å²) in [6, 6.07) is 0.156. The molecule has 28 heavy (non-hydrogen) atoms. The van der Waals surface area contributed by atoms with Crippen LogP contribution in [0.2, 0.25) is 10.2 Å². The smallest absolute Gasteiger partial charge is 0.313 e. The maximum Gasteiger partial charge on any atom is 0.313 e. The summed E-state index contributed by atoms with van der Waals surface area (Å²) in [6.45, 7) is 1.72. The second-order valence-electron chi connectivity index (χ2n) is 6.62. The van der Waals surface area contributed by atoms with Crippen molar-refractivity contribution < 1.29 is 14.5 Å². The van der Waals surface area contributed by atoms with Gasteiger partial charge in [-0.3, -0.25) is 24.9 Å². The lowest BCUT2D eigenvalue weighted by molar-refractivity contribution is -0.501. The maximum atomic E-state index is 11.8. The van der Waals surface area contributed by atoms with Crippen LogP contribution in [0.25, 0.3) is 0 Å². The summed E-state index contributed by atoms with van der Waals surface area (Å²) in [4.78, 5) is 37.7. The molecule has 0 N–H and O–H groups in total. The lowest BCUT2D eigenvalue weighted by atomic mass is 10.1. The van der Waals surface area contributed by atoms with E-state index in [9.17, 15) is 14.9 Å². The van der Waals surface area contributed by atoms with Crippen molar-refractivity contribution in [1.29, 1.82) is 0 Å². The number of carbonyl (C=O) groups is 1. The zero-order chi connectivity index (χ0) is 20.4. The molecule has 2 unspecified atom stereocenters. The monoisotopic (exact) mass is 427 g/mol. The largest absolute Gasteiger partial charge is 0.469 e. The Hall–Kier alpha value is -2.26. The molecule has 2 atom stereocenters. The van der Waals surface area contributed by atoms with Gasteiger partial charge in [-0.1, -0.05) is 23.2 Å². The number of hydrogen-bond donors (Lipinski definition) is 0. The SMILES string of the molecule is COC(=O)CC1=NCC([N+](=O)[O-])C(=NC(C)c2cnc(Cl)c(Cl)c2)N1C1CC1. The van der Waals surface area contributed by atoms with E-state index < -0.39 is 23.0 Å². The minimum Gasteiger partial charge on any atom is -0.469 e. The lowest BCUT2D eigenvalue weighted by Gasteiger charge is -2.32. The molecule has 0 amide bonds. The molecule has 1 aliphatic carbocycles. The summed E-state index contributed by atoms with van der Waals surface area (Å²) < 4.78 is 4.73. The molecule has 1 saturated carbocycles. The van der Waals surface area contributed by atoms with Crippen molar-refractivity contribution in [2.45, 2.75) is 44.3 Å². The van der Waals surface area contributed by atoms with Gasteiger partial charge in [-0.05, 0) is 31.4 Å². The van der Waals surface area contributed by atoms with Crippen molar-refractivity contribution in [3.63, 3.8) is 0 Å². The molecular weight excluding hydrogens is 409 g/mol. The van der Waals surface area contributed by atoms with Gasteiger partial charge in [-0.2, -0.15) is 0 Å². The number of aromatic nitrogens is 1. The first kappa shape index (κ1) is 20.5. The van der Waals surface area contributed by atoms with E-state index in [4.69, 9.17) is 27.9 Å². The second-order valence-corrected chi connectivity index (χ2v) is 7.38. The molecule has 0 bridgehead atoms. The zero-order valence-corrected chi connectivity index (χ0v) is 16.9. The molecule has 0 spiro atoms. The normalized spacial score (nSPS) is 22.0. The van der Waals surface area contributed by atoms with E-state index in [1.165, 1.54) is 13.3 Å². The van der Waals surface area contributed by atoms with Gasteiger partial charge in [0, 0.05) is 17.2 Å². The Balaban J connectivity index is 1.98. The molecule has 2 aliphatic rings. The number of aliphatic imine (C=N–C) groups is 2. The summed E-state index contributed by atoms with van der Waals surface area (Å²) in [5.41, 5.74) is 0.678. The summed E-state index contributed by atoms with van der Waals surface area (Å²) in [5, 5.41) is 12.1. The predicted molar refractivity (Wildman–Crippen MR) is 105 cm³/mol. The lowest BCUT2D eigenvalue weighted by Crippen LogP contribution is -2.53. The van der Waals surface area contributed by atoms with Crippen molar-refractivity contribution >= 4 is 40.8 Å². The van der Waals surface area contributed by atoms with Crippen molar-refractivity contribution in [2.24, 2.45) is 9.98 Å².